The van der Waals surface area contributed by atoms with Crippen molar-refractivity contribution in [3.63, 3.8) is 0 Å². The summed E-state index contributed by atoms with van der Waals surface area (Å²) in [5.74, 6) is 1.62. The lowest BCUT2D eigenvalue weighted by Crippen LogP contribution is -2.14. The molecule has 1 aliphatic rings. The number of nitrogens with zero attached hydrogens (tertiary/aromatic N) is 2. The van der Waals surface area contributed by atoms with Crippen LogP contribution in [0.3, 0.4) is 0 Å². The molecule has 1 aliphatic carbocycles. The lowest BCUT2D eigenvalue weighted by Gasteiger charge is -2.07. The van der Waals surface area contributed by atoms with E-state index in [0.717, 1.165) is 18.2 Å². The normalized spacial score (nSPS) is 19.1. The molecule has 64 valence electrons. The quantitative estimate of drug-likeness (QED) is 0.730. The molecule has 0 saturated heterocycles. The van der Waals surface area contributed by atoms with Crippen LogP contribution in [0, 0.1) is 5.92 Å². The van der Waals surface area contributed by atoms with Crippen LogP contribution in [-0.4, -0.2) is 9.97 Å². The van der Waals surface area contributed by atoms with Gasteiger partial charge in [0.1, 0.15) is 5.82 Å². The van der Waals surface area contributed by atoms with Crippen molar-refractivity contribution in [3.8, 4) is 0 Å². The third kappa shape index (κ3) is 1.80. The van der Waals surface area contributed by atoms with Gasteiger partial charge in [-0.05, 0) is 18.4 Å². The highest BCUT2D eigenvalue weighted by Gasteiger charge is 2.25. The summed E-state index contributed by atoms with van der Waals surface area (Å²) in [7, 11) is 0. The van der Waals surface area contributed by atoms with E-state index in [1.165, 1.54) is 12.8 Å². The van der Waals surface area contributed by atoms with Gasteiger partial charge in [-0.3, -0.25) is 0 Å². The first-order valence-electron chi connectivity index (χ1n) is 4.39. The predicted molar refractivity (Wildman–Crippen MR) is 46.3 cm³/mol. The maximum absolute atomic E-state index is 5.91. The van der Waals surface area contributed by atoms with Crippen molar-refractivity contribution in [2.75, 3.05) is 0 Å². The average Bonchev–Trinajstić information content (AvgIpc) is 2.90. The van der Waals surface area contributed by atoms with Gasteiger partial charge in [0.25, 0.3) is 0 Å². The minimum absolute atomic E-state index is 0.0405. The van der Waals surface area contributed by atoms with Crippen LogP contribution in [-0.2, 0) is 0 Å². The second-order valence-electron chi connectivity index (χ2n) is 3.39. The van der Waals surface area contributed by atoms with Crippen LogP contribution in [0.5, 0.6) is 0 Å². The molecular formula is C9H13N3. The van der Waals surface area contributed by atoms with Crippen molar-refractivity contribution >= 4 is 0 Å². The first-order chi connectivity index (χ1) is 5.86. The summed E-state index contributed by atoms with van der Waals surface area (Å²) in [6, 6.07) is 1.85. The first kappa shape index (κ1) is 7.68. The molecule has 3 heteroatoms. The summed E-state index contributed by atoms with van der Waals surface area (Å²) in [5.41, 5.74) is 5.91. The minimum Gasteiger partial charge on any atom is -0.321 e. The van der Waals surface area contributed by atoms with Crippen molar-refractivity contribution in [1.82, 2.24) is 9.97 Å². The zero-order chi connectivity index (χ0) is 8.39. The predicted octanol–water partition coefficient (Wildman–Crippen LogP) is 1.28. The fraction of sp³-hybridized carbons (Fsp3) is 0.556. The lowest BCUT2D eigenvalue weighted by molar-refractivity contribution is 0.567. The van der Waals surface area contributed by atoms with Crippen molar-refractivity contribution < 1.29 is 0 Å². The van der Waals surface area contributed by atoms with E-state index >= 15 is 0 Å². The second kappa shape index (κ2) is 3.19. The van der Waals surface area contributed by atoms with Crippen molar-refractivity contribution in [3.05, 3.63) is 24.3 Å². The fourth-order valence-corrected chi connectivity index (χ4v) is 1.32. The molecule has 1 unspecified atom stereocenters. The van der Waals surface area contributed by atoms with Crippen LogP contribution in [0.4, 0.5) is 0 Å². The SMILES string of the molecule is NC(CC1CC1)c1ncccn1. The van der Waals surface area contributed by atoms with Gasteiger partial charge < -0.3 is 5.73 Å². The summed E-state index contributed by atoms with van der Waals surface area (Å²) >= 11 is 0. The molecule has 0 bridgehead atoms. The van der Waals surface area contributed by atoms with Crippen LogP contribution < -0.4 is 5.73 Å². The fourth-order valence-electron chi connectivity index (χ4n) is 1.32. The molecule has 1 fully saturated rings. The molecule has 1 aromatic rings. The Morgan fingerprint density at radius 2 is 2.08 bits per heavy atom. The molecule has 0 amide bonds. The van der Waals surface area contributed by atoms with Gasteiger partial charge in [-0.2, -0.15) is 0 Å². The monoisotopic (exact) mass is 163 g/mol. The Labute approximate surface area is 72.0 Å². The highest BCUT2D eigenvalue weighted by atomic mass is 14.9. The second-order valence-corrected chi connectivity index (χ2v) is 3.39. The Morgan fingerprint density at radius 1 is 1.42 bits per heavy atom. The Hall–Kier alpha value is -0.960. The Kier molecular flexibility index (Phi) is 2.04. The van der Waals surface area contributed by atoms with Gasteiger partial charge in [0.05, 0.1) is 6.04 Å². The zero-order valence-electron chi connectivity index (χ0n) is 6.98. The topological polar surface area (TPSA) is 51.8 Å². The molecule has 0 spiro atoms. The number of aromatic nitrogens is 2. The summed E-state index contributed by atoms with van der Waals surface area (Å²) in [6.45, 7) is 0. The van der Waals surface area contributed by atoms with Crippen LogP contribution in [0.15, 0.2) is 18.5 Å². The van der Waals surface area contributed by atoms with E-state index in [4.69, 9.17) is 5.73 Å². The molecule has 0 radical (unpaired) electrons. The number of rotatable bonds is 3. The van der Waals surface area contributed by atoms with Gasteiger partial charge in [-0.1, -0.05) is 12.8 Å². The summed E-state index contributed by atoms with van der Waals surface area (Å²) < 4.78 is 0. The average molecular weight is 163 g/mol. The zero-order valence-corrected chi connectivity index (χ0v) is 6.98. The molecule has 0 aliphatic heterocycles. The molecule has 2 N–H and O–H groups in total. The maximum atomic E-state index is 5.91. The molecule has 1 heterocycles. The van der Waals surface area contributed by atoms with E-state index in [1.54, 1.807) is 12.4 Å². The third-order valence-corrected chi connectivity index (χ3v) is 2.20. The van der Waals surface area contributed by atoms with Crippen molar-refractivity contribution in [1.29, 1.82) is 0 Å². The van der Waals surface area contributed by atoms with Gasteiger partial charge in [0.2, 0.25) is 0 Å². The Morgan fingerprint density at radius 3 is 2.67 bits per heavy atom. The van der Waals surface area contributed by atoms with Crippen molar-refractivity contribution in [2.24, 2.45) is 11.7 Å². The van der Waals surface area contributed by atoms with Gasteiger partial charge >= 0.3 is 0 Å². The van der Waals surface area contributed by atoms with Gasteiger partial charge in [-0.25, -0.2) is 9.97 Å². The molecule has 12 heavy (non-hydrogen) atoms. The molecule has 2 rings (SSSR count). The van der Waals surface area contributed by atoms with E-state index in [-0.39, 0.29) is 6.04 Å². The van der Waals surface area contributed by atoms with Gasteiger partial charge in [0.15, 0.2) is 0 Å². The molecular weight excluding hydrogens is 150 g/mol. The highest BCUT2D eigenvalue weighted by Crippen LogP contribution is 2.35. The van der Waals surface area contributed by atoms with E-state index in [1.807, 2.05) is 6.07 Å². The van der Waals surface area contributed by atoms with E-state index < -0.39 is 0 Å². The van der Waals surface area contributed by atoms with E-state index in [0.29, 0.717) is 0 Å². The summed E-state index contributed by atoms with van der Waals surface area (Å²) in [6.07, 6.45) is 7.20. The van der Waals surface area contributed by atoms with Crippen molar-refractivity contribution in [2.45, 2.75) is 25.3 Å². The largest absolute Gasteiger partial charge is 0.321 e. The van der Waals surface area contributed by atoms with Gasteiger partial charge in [-0.15, -0.1) is 0 Å². The van der Waals surface area contributed by atoms with E-state index in [9.17, 15) is 0 Å². The highest BCUT2D eigenvalue weighted by molar-refractivity contribution is 4.96. The standard InChI is InChI=1S/C9H13N3/c10-8(6-7-2-3-7)9-11-4-1-5-12-9/h1,4-5,7-8H,2-3,6,10H2. The van der Waals surface area contributed by atoms with Gasteiger partial charge in [0, 0.05) is 12.4 Å². The minimum atomic E-state index is 0.0405. The summed E-state index contributed by atoms with van der Waals surface area (Å²) in [4.78, 5) is 8.25. The third-order valence-electron chi connectivity index (χ3n) is 2.20. The van der Waals surface area contributed by atoms with Crippen LogP contribution in [0.25, 0.3) is 0 Å². The maximum Gasteiger partial charge on any atom is 0.144 e. The summed E-state index contributed by atoms with van der Waals surface area (Å²) in [5, 5.41) is 0. The van der Waals surface area contributed by atoms with Crippen LogP contribution >= 0.6 is 0 Å². The number of nitrogens with two attached hydrogens (primary N) is 1. The van der Waals surface area contributed by atoms with Crippen LogP contribution in [0.1, 0.15) is 31.1 Å². The molecule has 1 atom stereocenters. The molecule has 0 aromatic carbocycles. The Balaban J connectivity index is 1.98. The van der Waals surface area contributed by atoms with Crippen LogP contribution in [0.2, 0.25) is 0 Å². The molecule has 1 saturated carbocycles. The molecule has 1 aromatic heterocycles. The number of hydrogen-bond donors (Lipinski definition) is 1. The lowest BCUT2D eigenvalue weighted by atomic mass is 10.1. The molecule has 3 nitrogen and oxygen atoms in total. The van der Waals surface area contributed by atoms with E-state index in [2.05, 4.69) is 9.97 Å². The first-order valence-corrected chi connectivity index (χ1v) is 4.39. The smallest absolute Gasteiger partial charge is 0.144 e. The Bertz CT molecular complexity index is 243. The number of hydrogen-bond acceptors (Lipinski definition) is 3.